The maximum absolute atomic E-state index is 13.9. The van der Waals surface area contributed by atoms with Gasteiger partial charge in [-0.3, -0.25) is 14.4 Å². The lowest BCUT2D eigenvalue weighted by molar-refractivity contribution is -0.121. The summed E-state index contributed by atoms with van der Waals surface area (Å²) >= 11 is 0. The third-order valence-corrected chi connectivity index (χ3v) is 7.80. The molecule has 0 bridgehead atoms. The molecule has 5 rings (SSSR count). The molecule has 0 spiro atoms. The van der Waals surface area contributed by atoms with Gasteiger partial charge in [0.05, 0.1) is 0 Å². The van der Waals surface area contributed by atoms with Crippen LogP contribution < -0.4 is 10.5 Å². The summed E-state index contributed by atoms with van der Waals surface area (Å²) < 4.78 is 5.46. The molecule has 0 saturated carbocycles. The molecule has 3 aliphatic rings. The van der Waals surface area contributed by atoms with E-state index in [1.807, 2.05) is 30.3 Å². The number of benzene rings is 2. The number of hydrogen-bond donors (Lipinski definition) is 1. The van der Waals surface area contributed by atoms with Gasteiger partial charge in [-0.1, -0.05) is 70.2 Å². The van der Waals surface area contributed by atoms with Crippen molar-refractivity contribution in [1.82, 2.24) is 4.90 Å². The molecule has 0 unspecified atom stereocenters. The minimum atomic E-state index is -0.546. The van der Waals surface area contributed by atoms with E-state index >= 15 is 0 Å². The van der Waals surface area contributed by atoms with Gasteiger partial charge in [0.1, 0.15) is 5.75 Å². The Morgan fingerprint density at radius 3 is 1.87 bits per heavy atom. The molecule has 38 heavy (non-hydrogen) atoms. The Morgan fingerprint density at radius 1 is 0.842 bits per heavy atom. The Morgan fingerprint density at radius 2 is 1.37 bits per heavy atom. The topological polar surface area (TPSA) is 89.7 Å². The highest BCUT2D eigenvalue weighted by atomic mass is 16.5. The Hall–Kier alpha value is -3.67. The van der Waals surface area contributed by atoms with Gasteiger partial charge in [-0.05, 0) is 46.9 Å². The zero-order chi connectivity index (χ0) is 27.2. The average Bonchev–Trinajstić information content (AvgIpc) is 2.83. The van der Waals surface area contributed by atoms with Gasteiger partial charge in [0.2, 0.25) is 0 Å². The Bertz CT molecular complexity index is 1300. The number of nitrogens with two attached hydrogens (primary N) is 1. The van der Waals surface area contributed by atoms with E-state index in [9.17, 15) is 14.4 Å². The van der Waals surface area contributed by atoms with Gasteiger partial charge in [-0.2, -0.15) is 0 Å². The van der Waals surface area contributed by atoms with E-state index < -0.39 is 11.8 Å². The Kier molecular flexibility index (Phi) is 6.54. The highest BCUT2D eigenvalue weighted by Gasteiger charge is 2.48. The molecule has 2 aromatic rings. The lowest BCUT2D eigenvalue weighted by atomic mass is 9.63. The van der Waals surface area contributed by atoms with Gasteiger partial charge in [-0.25, -0.2) is 0 Å². The standard InChI is InChI=1S/C32H36N2O4/c1-31(2)14-23-29(25(35)16-31)28(21-10-12-22(13-11-21)38-19-27(33)37)30-24(15-32(3,4)17-26(30)36)34(23)18-20-8-6-5-7-9-20/h5-13,28H,14-19H2,1-4H3,(H2,33,37). The molecular formula is C32H36N2O4. The van der Waals surface area contributed by atoms with Crippen molar-refractivity contribution >= 4 is 17.5 Å². The molecule has 0 aromatic heterocycles. The third kappa shape index (κ3) is 5.04. The van der Waals surface area contributed by atoms with Crippen LogP contribution in [-0.2, 0) is 20.9 Å². The van der Waals surface area contributed by atoms with Crippen LogP contribution in [0, 0.1) is 10.8 Å². The normalized spacial score (nSPS) is 20.8. The van der Waals surface area contributed by atoms with Crippen LogP contribution in [0.5, 0.6) is 5.75 Å². The molecule has 1 heterocycles. The number of amides is 1. The van der Waals surface area contributed by atoms with Crippen molar-refractivity contribution in [3.63, 3.8) is 0 Å². The van der Waals surface area contributed by atoms with Crippen molar-refractivity contribution in [2.24, 2.45) is 16.6 Å². The summed E-state index contributed by atoms with van der Waals surface area (Å²) in [6, 6.07) is 17.6. The Balaban J connectivity index is 1.68. The molecule has 0 saturated heterocycles. The van der Waals surface area contributed by atoms with Crippen molar-refractivity contribution < 1.29 is 19.1 Å². The molecule has 2 aromatic carbocycles. The van der Waals surface area contributed by atoms with Crippen molar-refractivity contribution in [1.29, 1.82) is 0 Å². The second-order valence-corrected chi connectivity index (χ2v) is 12.4. The number of carbonyl (C=O) groups is 3. The fourth-order valence-electron chi connectivity index (χ4n) is 6.25. The zero-order valence-electron chi connectivity index (χ0n) is 22.7. The average molecular weight is 513 g/mol. The number of rotatable bonds is 6. The van der Waals surface area contributed by atoms with E-state index in [1.54, 1.807) is 12.1 Å². The van der Waals surface area contributed by atoms with Crippen molar-refractivity contribution in [3.05, 3.63) is 88.3 Å². The summed E-state index contributed by atoms with van der Waals surface area (Å²) in [5, 5.41) is 0. The molecule has 6 nitrogen and oxygen atoms in total. The van der Waals surface area contributed by atoms with Crippen molar-refractivity contribution in [2.75, 3.05) is 6.61 Å². The number of carbonyl (C=O) groups excluding carboxylic acids is 3. The van der Waals surface area contributed by atoms with Crippen molar-refractivity contribution in [3.8, 4) is 5.75 Å². The first-order valence-electron chi connectivity index (χ1n) is 13.3. The quantitative estimate of drug-likeness (QED) is 0.557. The third-order valence-electron chi connectivity index (χ3n) is 7.80. The molecule has 1 aliphatic heterocycles. The molecule has 2 aliphatic carbocycles. The van der Waals surface area contributed by atoms with Crippen LogP contribution in [-0.4, -0.2) is 29.0 Å². The van der Waals surface area contributed by atoms with E-state index in [4.69, 9.17) is 10.5 Å². The zero-order valence-corrected chi connectivity index (χ0v) is 22.7. The molecule has 6 heteroatoms. The Labute approximate surface area is 224 Å². The number of Topliss-reactive ketones (excluding diaryl/α,β-unsaturated/α-hetero) is 2. The summed E-state index contributed by atoms with van der Waals surface area (Å²) in [6.45, 7) is 9.01. The van der Waals surface area contributed by atoms with Crippen molar-refractivity contribution in [2.45, 2.75) is 65.8 Å². The SMILES string of the molecule is CC1(C)CC(=O)C2=C(C1)N(Cc1ccccc1)C1=C(C(=O)CC(C)(C)C1)C2c1ccc(OCC(N)=O)cc1. The first-order chi connectivity index (χ1) is 17.9. The number of ether oxygens (including phenoxy) is 1. The van der Waals surface area contributed by atoms with Crippen LogP contribution in [0.15, 0.2) is 77.1 Å². The number of nitrogens with zero attached hydrogens (tertiary/aromatic N) is 1. The fourth-order valence-corrected chi connectivity index (χ4v) is 6.25. The number of allylic oxidation sites excluding steroid dienone is 4. The largest absolute Gasteiger partial charge is 0.484 e. The van der Waals surface area contributed by atoms with E-state index in [-0.39, 0.29) is 29.0 Å². The lowest BCUT2D eigenvalue weighted by Gasteiger charge is -2.49. The molecule has 0 radical (unpaired) electrons. The van der Waals surface area contributed by atoms with E-state index in [0.717, 1.165) is 46.5 Å². The predicted octanol–water partition coefficient (Wildman–Crippen LogP) is 5.44. The summed E-state index contributed by atoms with van der Waals surface area (Å²) in [5.41, 5.74) is 10.5. The van der Waals surface area contributed by atoms with Gasteiger partial charge in [0, 0.05) is 47.8 Å². The van der Waals surface area contributed by atoms with Gasteiger partial charge in [-0.15, -0.1) is 0 Å². The maximum Gasteiger partial charge on any atom is 0.255 e. The van der Waals surface area contributed by atoms with Gasteiger partial charge >= 0.3 is 0 Å². The summed E-state index contributed by atoms with van der Waals surface area (Å²) in [4.78, 5) is 41.2. The number of ketones is 2. The molecule has 0 fully saturated rings. The van der Waals surface area contributed by atoms with Gasteiger partial charge < -0.3 is 15.4 Å². The smallest absolute Gasteiger partial charge is 0.255 e. The molecule has 198 valence electrons. The molecular weight excluding hydrogens is 476 g/mol. The van der Waals surface area contributed by atoms with Crippen LogP contribution in [0.25, 0.3) is 0 Å². The van der Waals surface area contributed by atoms with Crippen LogP contribution in [0.1, 0.15) is 70.4 Å². The van der Waals surface area contributed by atoms with Gasteiger partial charge in [0.15, 0.2) is 18.2 Å². The monoisotopic (exact) mass is 512 g/mol. The lowest BCUT2D eigenvalue weighted by Crippen LogP contribution is -2.44. The maximum atomic E-state index is 13.9. The van der Waals surface area contributed by atoms with E-state index in [2.05, 4.69) is 44.7 Å². The first-order valence-corrected chi connectivity index (χ1v) is 13.3. The van der Waals surface area contributed by atoms with Crippen LogP contribution >= 0.6 is 0 Å². The summed E-state index contributed by atoms with van der Waals surface area (Å²) in [6.07, 6.45) is 2.43. The number of primary amides is 1. The summed E-state index contributed by atoms with van der Waals surface area (Å²) in [5.74, 6) is -0.223. The highest BCUT2D eigenvalue weighted by molar-refractivity contribution is 6.06. The first kappa shape index (κ1) is 26.0. The molecule has 1 amide bonds. The fraction of sp³-hybridized carbons (Fsp3) is 0.406. The highest BCUT2D eigenvalue weighted by Crippen LogP contribution is 2.54. The number of hydrogen-bond acceptors (Lipinski definition) is 5. The van der Waals surface area contributed by atoms with E-state index in [1.165, 1.54) is 0 Å². The van der Waals surface area contributed by atoms with Crippen LogP contribution in [0.3, 0.4) is 0 Å². The van der Waals surface area contributed by atoms with E-state index in [0.29, 0.717) is 25.1 Å². The summed E-state index contributed by atoms with van der Waals surface area (Å²) in [7, 11) is 0. The van der Waals surface area contributed by atoms with Crippen LogP contribution in [0.2, 0.25) is 0 Å². The van der Waals surface area contributed by atoms with Gasteiger partial charge in [0.25, 0.3) is 5.91 Å². The van der Waals surface area contributed by atoms with Crippen LogP contribution in [0.4, 0.5) is 0 Å². The minimum Gasteiger partial charge on any atom is -0.484 e. The second kappa shape index (κ2) is 9.57. The molecule has 0 atom stereocenters. The molecule has 2 N–H and O–H groups in total. The predicted molar refractivity (Wildman–Crippen MR) is 146 cm³/mol. The second-order valence-electron chi connectivity index (χ2n) is 12.4. The minimum absolute atomic E-state index is 0.109.